The van der Waals surface area contributed by atoms with Crippen LogP contribution in [0.3, 0.4) is 0 Å². The van der Waals surface area contributed by atoms with Crippen molar-refractivity contribution in [2.45, 2.75) is 6.54 Å². The van der Waals surface area contributed by atoms with E-state index in [-0.39, 0.29) is 5.82 Å². The monoisotopic (exact) mass is 320 g/mol. The van der Waals surface area contributed by atoms with Gasteiger partial charge in [0.2, 0.25) is 5.95 Å². The summed E-state index contributed by atoms with van der Waals surface area (Å²) in [5, 5.41) is 22.8. The molecule has 0 saturated carbocycles. The first kappa shape index (κ1) is 15.4. The standard InChI is InChI=1S/C17H13FN6/c18-14-6-4-12(5-7-14)10-20-17-23-16(11-21-24-17)22-15-3-1-2-13(8-15)9-19/h1-8,11H,10H2,(H2,20,22,23,24). The highest BCUT2D eigenvalue weighted by Crippen LogP contribution is 2.16. The van der Waals surface area contributed by atoms with E-state index in [1.807, 2.05) is 6.07 Å². The van der Waals surface area contributed by atoms with Crippen LogP contribution in [0.1, 0.15) is 11.1 Å². The average Bonchev–Trinajstić information content (AvgIpc) is 2.62. The van der Waals surface area contributed by atoms with Crippen molar-refractivity contribution in [3.8, 4) is 6.07 Å². The third kappa shape index (κ3) is 4.01. The molecule has 0 amide bonds. The molecule has 7 heteroatoms. The van der Waals surface area contributed by atoms with Crippen LogP contribution in [0.5, 0.6) is 0 Å². The lowest BCUT2D eigenvalue weighted by Crippen LogP contribution is -2.06. The van der Waals surface area contributed by atoms with Crippen LogP contribution in [-0.4, -0.2) is 15.2 Å². The Balaban J connectivity index is 1.67. The highest BCUT2D eigenvalue weighted by molar-refractivity contribution is 5.58. The largest absolute Gasteiger partial charge is 0.349 e. The molecule has 2 aromatic carbocycles. The molecule has 24 heavy (non-hydrogen) atoms. The predicted octanol–water partition coefficient (Wildman–Crippen LogP) is 3.24. The number of nitriles is 1. The highest BCUT2D eigenvalue weighted by Gasteiger charge is 2.02. The summed E-state index contributed by atoms with van der Waals surface area (Å²) in [6, 6.07) is 15.3. The maximum absolute atomic E-state index is 12.9. The lowest BCUT2D eigenvalue weighted by molar-refractivity contribution is 0.627. The second-order valence-corrected chi connectivity index (χ2v) is 4.96. The van der Waals surface area contributed by atoms with E-state index in [0.29, 0.717) is 23.9 Å². The zero-order valence-corrected chi connectivity index (χ0v) is 12.6. The van der Waals surface area contributed by atoms with Gasteiger partial charge in [0.05, 0.1) is 17.8 Å². The Labute approximate surface area is 138 Å². The van der Waals surface area contributed by atoms with Crippen LogP contribution in [0, 0.1) is 17.1 Å². The van der Waals surface area contributed by atoms with Crippen LogP contribution >= 0.6 is 0 Å². The summed E-state index contributed by atoms with van der Waals surface area (Å²) in [6.07, 6.45) is 1.49. The van der Waals surface area contributed by atoms with Gasteiger partial charge in [-0.3, -0.25) is 0 Å². The number of hydrogen-bond acceptors (Lipinski definition) is 6. The number of rotatable bonds is 5. The van der Waals surface area contributed by atoms with Crippen molar-refractivity contribution < 1.29 is 4.39 Å². The minimum absolute atomic E-state index is 0.275. The Morgan fingerprint density at radius 1 is 1.12 bits per heavy atom. The summed E-state index contributed by atoms with van der Waals surface area (Å²) >= 11 is 0. The van der Waals surface area contributed by atoms with Crippen LogP contribution in [0.25, 0.3) is 0 Å². The smallest absolute Gasteiger partial charge is 0.244 e. The van der Waals surface area contributed by atoms with Crippen molar-refractivity contribution in [2.24, 2.45) is 0 Å². The molecule has 0 aliphatic heterocycles. The summed E-state index contributed by atoms with van der Waals surface area (Å²) in [6.45, 7) is 0.454. The van der Waals surface area contributed by atoms with Gasteiger partial charge in [-0.05, 0) is 35.9 Å². The topological polar surface area (TPSA) is 86.5 Å². The lowest BCUT2D eigenvalue weighted by Gasteiger charge is -2.08. The van der Waals surface area contributed by atoms with E-state index in [1.165, 1.54) is 18.3 Å². The summed E-state index contributed by atoms with van der Waals surface area (Å²) in [4.78, 5) is 4.30. The van der Waals surface area contributed by atoms with E-state index in [9.17, 15) is 4.39 Å². The van der Waals surface area contributed by atoms with Gasteiger partial charge < -0.3 is 10.6 Å². The van der Waals surface area contributed by atoms with Gasteiger partial charge in [0, 0.05) is 12.2 Å². The summed E-state index contributed by atoms with van der Waals surface area (Å²) < 4.78 is 12.9. The average molecular weight is 320 g/mol. The van der Waals surface area contributed by atoms with Gasteiger partial charge >= 0.3 is 0 Å². The van der Waals surface area contributed by atoms with E-state index in [1.54, 1.807) is 30.3 Å². The molecule has 0 saturated heterocycles. The molecular weight excluding hydrogens is 307 g/mol. The minimum atomic E-state index is -0.275. The fourth-order valence-electron chi connectivity index (χ4n) is 2.04. The molecule has 118 valence electrons. The van der Waals surface area contributed by atoms with Gasteiger partial charge in [0.1, 0.15) is 5.82 Å². The predicted molar refractivity (Wildman–Crippen MR) is 88.0 cm³/mol. The summed E-state index contributed by atoms with van der Waals surface area (Å²) in [5.41, 5.74) is 2.19. The molecule has 1 heterocycles. The molecule has 3 aromatic rings. The van der Waals surface area contributed by atoms with Crippen molar-refractivity contribution in [3.63, 3.8) is 0 Å². The van der Waals surface area contributed by atoms with Gasteiger partial charge in [-0.1, -0.05) is 18.2 Å². The molecule has 2 N–H and O–H groups in total. The molecule has 0 aliphatic carbocycles. The first-order valence-corrected chi connectivity index (χ1v) is 7.18. The van der Waals surface area contributed by atoms with Gasteiger partial charge in [-0.15, -0.1) is 5.10 Å². The maximum atomic E-state index is 12.9. The minimum Gasteiger partial charge on any atom is -0.349 e. The van der Waals surface area contributed by atoms with Crippen molar-refractivity contribution >= 4 is 17.5 Å². The molecule has 1 aromatic heterocycles. The van der Waals surface area contributed by atoms with E-state index < -0.39 is 0 Å². The van der Waals surface area contributed by atoms with E-state index in [4.69, 9.17) is 5.26 Å². The second kappa shape index (κ2) is 7.15. The number of nitrogens with one attached hydrogen (secondary N) is 2. The first-order valence-electron chi connectivity index (χ1n) is 7.18. The quantitative estimate of drug-likeness (QED) is 0.750. The first-order chi connectivity index (χ1) is 11.7. The Bertz CT molecular complexity index is 873. The molecule has 0 fully saturated rings. The maximum Gasteiger partial charge on any atom is 0.244 e. The fraction of sp³-hybridized carbons (Fsp3) is 0.0588. The molecule has 0 unspecified atom stereocenters. The number of halogens is 1. The number of benzene rings is 2. The van der Waals surface area contributed by atoms with Crippen molar-refractivity contribution in [1.82, 2.24) is 15.2 Å². The molecule has 0 atom stereocenters. The molecule has 3 rings (SSSR count). The van der Waals surface area contributed by atoms with Crippen molar-refractivity contribution in [2.75, 3.05) is 10.6 Å². The molecule has 0 radical (unpaired) electrons. The highest BCUT2D eigenvalue weighted by atomic mass is 19.1. The van der Waals surface area contributed by atoms with Gasteiger partial charge in [0.15, 0.2) is 5.82 Å². The Hall–Kier alpha value is -3.53. The van der Waals surface area contributed by atoms with Gasteiger partial charge in [-0.25, -0.2) is 4.39 Å². The van der Waals surface area contributed by atoms with Crippen molar-refractivity contribution in [3.05, 3.63) is 71.7 Å². The zero-order valence-electron chi connectivity index (χ0n) is 12.6. The Morgan fingerprint density at radius 3 is 2.75 bits per heavy atom. The Morgan fingerprint density at radius 2 is 1.96 bits per heavy atom. The van der Waals surface area contributed by atoms with Crippen LogP contribution in [0.4, 0.5) is 21.8 Å². The third-order valence-corrected chi connectivity index (χ3v) is 3.19. The summed E-state index contributed by atoms with van der Waals surface area (Å²) in [7, 11) is 0. The Kier molecular flexibility index (Phi) is 4.58. The van der Waals surface area contributed by atoms with E-state index in [0.717, 1.165) is 11.3 Å². The van der Waals surface area contributed by atoms with Crippen molar-refractivity contribution in [1.29, 1.82) is 5.26 Å². The lowest BCUT2D eigenvalue weighted by atomic mass is 10.2. The number of anilines is 3. The second-order valence-electron chi connectivity index (χ2n) is 4.96. The normalized spacial score (nSPS) is 10.0. The number of aromatic nitrogens is 3. The molecule has 0 aliphatic rings. The number of nitrogens with zero attached hydrogens (tertiary/aromatic N) is 4. The van der Waals surface area contributed by atoms with Crippen LogP contribution in [0.15, 0.2) is 54.7 Å². The van der Waals surface area contributed by atoms with E-state index >= 15 is 0 Å². The third-order valence-electron chi connectivity index (χ3n) is 3.19. The molecule has 0 bridgehead atoms. The van der Waals surface area contributed by atoms with Gasteiger partial charge in [0.25, 0.3) is 0 Å². The van der Waals surface area contributed by atoms with Crippen LogP contribution in [0.2, 0.25) is 0 Å². The molecule has 0 spiro atoms. The zero-order chi connectivity index (χ0) is 16.8. The number of hydrogen-bond donors (Lipinski definition) is 2. The SMILES string of the molecule is N#Cc1cccc(Nc2cnnc(NCc3ccc(F)cc3)n2)c1. The van der Waals surface area contributed by atoms with E-state index in [2.05, 4.69) is 31.9 Å². The summed E-state index contributed by atoms with van der Waals surface area (Å²) in [5.74, 6) is 0.574. The fourth-order valence-corrected chi connectivity index (χ4v) is 2.04. The van der Waals surface area contributed by atoms with Gasteiger partial charge in [-0.2, -0.15) is 15.3 Å². The molecular formula is C17H13FN6. The van der Waals surface area contributed by atoms with Crippen LogP contribution in [-0.2, 0) is 6.54 Å². The van der Waals surface area contributed by atoms with Crippen LogP contribution < -0.4 is 10.6 Å². The molecule has 6 nitrogen and oxygen atoms in total.